The lowest BCUT2D eigenvalue weighted by Gasteiger charge is -2.01. The van der Waals surface area contributed by atoms with Crippen LogP contribution in [0.15, 0.2) is 16.6 Å². The van der Waals surface area contributed by atoms with Crippen LogP contribution in [-0.2, 0) is 5.75 Å². The van der Waals surface area contributed by atoms with E-state index in [1.807, 2.05) is 0 Å². The SMILES string of the molecule is CC(C)c1nc(CSc2nc(N)cc(N)n2)cs1. The number of hydrogen-bond donors (Lipinski definition) is 2. The summed E-state index contributed by atoms with van der Waals surface area (Å²) >= 11 is 3.17. The van der Waals surface area contributed by atoms with Crippen LogP contribution in [0.2, 0.25) is 0 Å². The first kappa shape index (κ1) is 13.1. The van der Waals surface area contributed by atoms with E-state index in [9.17, 15) is 0 Å². The van der Waals surface area contributed by atoms with Crippen molar-refractivity contribution in [3.05, 3.63) is 22.1 Å². The third-order valence-electron chi connectivity index (χ3n) is 2.16. The summed E-state index contributed by atoms with van der Waals surface area (Å²) in [4.78, 5) is 12.8. The molecule has 2 aromatic rings. The van der Waals surface area contributed by atoms with E-state index in [1.54, 1.807) is 17.4 Å². The fraction of sp³-hybridized carbons (Fsp3) is 0.364. The van der Waals surface area contributed by atoms with Gasteiger partial charge in [-0.05, 0) is 0 Å². The highest BCUT2D eigenvalue weighted by molar-refractivity contribution is 7.98. The van der Waals surface area contributed by atoms with E-state index in [-0.39, 0.29) is 0 Å². The van der Waals surface area contributed by atoms with Gasteiger partial charge in [-0.15, -0.1) is 11.3 Å². The number of nitrogens with two attached hydrogens (primary N) is 2. The van der Waals surface area contributed by atoms with Crippen molar-refractivity contribution in [3.8, 4) is 0 Å². The van der Waals surface area contributed by atoms with Gasteiger partial charge in [0.1, 0.15) is 11.6 Å². The zero-order chi connectivity index (χ0) is 13.1. The van der Waals surface area contributed by atoms with Crippen LogP contribution in [0.1, 0.15) is 30.5 Å². The molecule has 0 unspecified atom stereocenters. The van der Waals surface area contributed by atoms with Gasteiger partial charge in [-0.25, -0.2) is 15.0 Å². The molecule has 96 valence electrons. The molecule has 0 aliphatic rings. The molecule has 2 rings (SSSR count). The quantitative estimate of drug-likeness (QED) is 0.661. The lowest BCUT2D eigenvalue weighted by molar-refractivity contribution is 0.846. The molecule has 0 saturated carbocycles. The molecule has 4 N–H and O–H groups in total. The molecule has 0 aliphatic heterocycles. The Bertz CT molecular complexity index is 518. The van der Waals surface area contributed by atoms with Crippen molar-refractivity contribution < 1.29 is 0 Å². The van der Waals surface area contributed by atoms with Crippen LogP contribution in [-0.4, -0.2) is 15.0 Å². The molecule has 7 heteroatoms. The summed E-state index contributed by atoms with van der Waals surface area (Å²) in [5.41, 5.74) is 12.3. The second-order valence-corrected chi connectivity index (χ2v) is 5.95. The van der Waals surface area contributed by atoms with Gasteiger partial charge in [-0.2, -0.15) is 0 Å². The topological polar surface area (TPSA) is 90.7 Å². The Labute approximate surface area is 114 Å². The number of nitrogen functional groups attached to an aromatic ring is 2. The normalized spacial score (nSPS) is 11.1. The number of nitrogens with zero attached hydrogens (tertiary/aromatic N) is 3. The van der Waals surface area contributed by atoms with E-state index in [0.29, 0.717) is 22.7 Å². The Morgan fingerprint density at radius 2 is 1.89 bits per heavy atom. The Morgan fingerprint density at radius 1 is 1.22 bits per heavy atom. The van der Waals surface area contributed by atoms with Gasteiger partial charge in [0.25, 0.3) is 0 Å². The van der Waals surface area contributed by atoms with Crippen molar-refractivity contribution in [1.82, 2.24) is 15.0 Å². The molecule has 5 nitrogen and oxygen atoms in total. The van der Waals surface area contributed by atoms with Crippen LogP contribution in [0.25, 0.3) is 0 Å². The van der Waals surface area contributed by atoms with Crippen LogP contribution < -0.4 is 11.5 Å². The molecule has 2 aromatic heterocycles. The molecule has 0 radical (unpaired) electrons. The van der Waals surface area contributed by atoms with Crippen molar-refractivity contribution in [2.24, 2.45) is 0 Å². The summed E-state index contributed by atoms with van der Waals surface area (Å²) in [6, 6.07) is 1.55. The monoisotopic (exact) mass is 281 g/mol. The smallest absolute Gasteiger partial charge is 0.191 e. The van der Waals surface area contributed by atoms with Gasteiger partial charge in [0, 0.05) is 23.1 Å². The first-order chi connectivity index (χ1) is 8.54. The van der Waals surface area contributed by atoms with Gasteiger partial charge in [-0.3, -0.25) is 0 Å². The van der Waals surface area contributed by atoms with Crippen molar-refractivity contribution in [1.29, 1.82) is 0 Å². The van der Waals surface area contributed by atoms with E-state index in [0.717, 1.165) is 16.5 Å². The average molecular weight is 281 g/mol. The number of thiazole rings is 1. The molecule has 0 fully saturated rings. The summed E-state index contributed by atoms with van der Waals surface area (Å²) in [5.74, 6) is 1.98. The van der Waals surface area contributed by atoms with Crippen molar-refractivity contribution in [2.75, 3.05) is 11.5 Å². The number of anilines is 2. The maximum absolute atomic E-state index is 5.61. The Balaban J connectivity index is 2.02. The number of thioether (sulfide) groups is 1. The predicted molar refractivity (Wildman–Crippen MR) is 76.6 cm³/mol. The van der Waals surface area contributed by atoms with Gasteiger partial charge in [0.15, 0.2) is 5.16 Å². The van der Waals surface area contributed by atoms with Gasteiger partial charge >= 0.3 is 0 Å². The fourth-order valence-corrected chi connectivity index (χ4v) is 3.02. The van der Waals surface area contributed by atoms with Crippen LogP contribution in [0.5, 0.6) is 0 Å². The van der Waals surface area contributed by atoms with E-state index < -0.39 is 0 Å². The summed E-state index contributed by atoms with van der Waals surface area (Å²) in [7, 11) is 0. The second kappa shape index (κ2) is 5.53. The standard InChI is InChI=1S/C11H15N5S2/c1-6(2)10-14-7(4-17-10)5-18-11-15-8(12)3-9(13)16-11/h3-4,6H,5H2,1-2H3,(H4,12,13,15,16). The van der Waals surface area contributed by atoms with Crippen LogP contribution in [0.3, 0.4) is 0 Å². The second-order valence-electron chi connectivity index (χ2n) is 4.12. The van der Waals surface area contributed by atoms with Gasteiger partial charge in [0.05, 0.1) is 10.7 Å². The van der Waals surface area contributed by atoms with Gasteiger partial charge < -0.3 is 11.5 Å². The summed E-state index contributed by atoms with van der Waals surface area (Å²) in [5, 5.41) is 3.81. The van der Waals surface area contributed by atoms with E-state index >= 15 is 0 Å². The van der Waals surface area contributed by atoms with E-state index in [4.69, 9.17) is 11.5 Å². The number of aromatic nitrogens is 3. The summed E-state index contributed by atoms with van der Waals surface area (Å²) in [6.45, 7) is 4.27. The molecule has 0 spiro atoms. The molecular formula is C11H15N5S2. The lowest BCUT2D eigenvalue weighted by atomic mass is 10.2. The third kappa shape index (κ3) is 3.33. The Kier molecular flexibility index (Phi) is 4.03. The predicted octanol–water partition coefficient (Wildman–Crippen LogP) is 2.51. The molecule has 0 saturated heterocycles. The minimum atomic E-state index is 0.395. The maximum Gasteiger partial charge on any atom is 0.191 e. The minimum absolute atomic E-state index is 0.395. The van der Waals surface area contributed by atoms with Crippen molar-refractivity contribution in [2.45, 2.75) is 30.7 Å². The van der Waals surface area contributed by atoms with Crippen molar-refractivity contribution >= 4 is 34.7 Å². The fourth-order valence-electron chi connectivity index (χ4n) is 1.32. The maximum atomic E-state index is 5.61. The first-order valence-electron chi connectivity index (χ1n) is 5.51. The van der Waals surface area contributed by atoms with E-state index in [1.165, 1.54) is 11.8 Å². The minimum Gasteiger partial charge on any atom is -0.383 e. The van der Waals surface area contributed by atoms with Gasteiger partial charge in [-0.1, -0.05) is 25.6 Å². The molecule has 0 aromatic carbocycles. The molecule has 18 heavy (non-hydrogen) atoms. The van der Waals surface area contributed by atoms with Gasteiger partial charge in [0.2, 0.25) is 0 Å². The molecule has 0 amide bonds. The average Bonchev–Trinajstić information content (AvgIpc) is 2.73. The number of hydrogen-bond acceptors (Lipinski definition) is 7. The van der Waals surface area contributed by atoms with Crippen LogP contribution >= 0.6 is 23.1 Å². The third-order valence-corrected chi connectivity index (χ3v) is 4.23. The zero-order valence-corrected chi connectivity index (χ0v) is 11.9. The van der Waals surface area contributed by atoms with E-state index in [2.05, 4.69) is 34.2 Å². The first-order valence-corrected chi connectivity index (χ1v) is 7.38. The highest BCUT2D eigenvalue weighted by atomic mass is 32.2. The molecular weight excluding hydrogens is 266 g/mol. The zero-order valence-electron chi connectivity index (χ0n) is 10.3. The van der Waals surface area contributed by atoms with Crippen molar-refractivity contribution in [3.63, 3.8) is 0 Å². The number of rotatable bonds is 4. The molecule has 0 atom stereocenters. The summed E-state index contributed by atoms with van der Waals surface area (Å²) in [6.07, 6.45) is 0. The largest absolute Gasteiger partial charge is 0.383 e. The van der Waals surface area contributed by atoms with Crippen LogP contribution in [0, 0.1) is 0 Å². The highest BCUT2D eigenvalue weighted by Crippen LogP contribution is 2.24. The molecule has 2 heterocycles. The molecule has 0 bridgehead atoms. The van der Waals surface area contributed by atoms with Crippen LogP contribution in [0.4, 0.5) is 11.6 Å². The Hall–Kier alpha value is -1.34. The lowest BCUT2D eigenvalue weighted by Crippen LogP contribution is -1.99. The Morgan fingerprint density at radius 3 is 2.44 bits per heavy atom. The highest BCUT2D eigenvalue weighted by Gasteiger charge is 2.07. The molecule has 0 aliphatic carbocycles. The summed E-state index contributed by atoms with van der Waals surface area (Å²) < 4.78 is 0.